The summed E-state index contributed by atoms with van der Waals surface area (Å²) in [6.45, 7) is 3.78. The Morgan fingerprint density at radius 2 is 2.19 bits per heavy atom. The Labute approximate surface area is 123 Å². The molecule has 0 spiro atoms. The van der Waals surface area contributed by atoms with E-state index in [1.54, 1.807) is 6.92 Å². The van der Waals surface area contributed by atoms with Crippen LogP contribution >= 0.6 is 0 Å². The van der Waals surface area contributed by atoms with Crippen LogP contribution in [0.5, 0.6) is 0 Å². The molecule has 0 atom stereocenters. The van der Waals surface area contributed by atoms with Gasteiger partial charge < -0.3 is 10.4 Å². The molecule has 0 unspecified atom stereocenters. The highest BCUT2D eigenvalue weighted by Crippen LogP contribution is 2.15. The third-order valence-corrected chi connectivity index (χ3v) is 2.88. The van der Waals surface area contributed by atoms with Crippen molar-refractivity contribution >= 4 is 11.6 Å². The number of benzene rings is 1. The van der Waals surface area contributed by atoms with Gasteiger partial charge in [-0.15, -0.1) is 0 Å². The number of anilines is 1. The van der Waals surface area contributed by atoms with Crippen molar-refractivity contribution < 1.29 is 9.90 Å². The van der Waals surface area contributed by atoms with Gasteiger partial charge in [0.1, 0.15) is 0 Å². The Balaban J connectivity index is 2.19. The van der Waals surface area contributed by atoms with Crippen LogP contribution in [-0.2, 0) is 0 Å². The molecule has 1 aromatic carbocycles. The molecular weight excluding hydrogens is 266 g/mol. The number of rotatable bonds is 3. The number of hydrogen-bond donors (Lipinski definition) is 3. The van der Waals surface area contributed by atoms with Crippen molar-refractivity contribution in [3.63, 3.8) is 0 Å². The normalized spacial score (nSPS) is 9.86. The second kappa shape index (κ2) is 6.73. The maximum absolute atomic E-state index is 12.1. The van der Waals surface area contributed by atoms with E-state index >= 15 is 0 Å². The van der Waals surface area contributed by atoms with E-state index in [0.29, 0.717) is 17.7 Å². The maximum atomic E-state index is 12.1. The smallest absolute Gasteiger partial charge is 0.259 e. The molecule has 2 aromatic rings. The third kappa shape index (κ3) is 3.94. The highest BCUT2D eigenvalue weighted by Gasteiger charge is 2.11. The average Bonchev–Trinajstić information content (AvgIpc) is 2.85. The average molecular weight is 283 g/mol. The first-order valence-electron chi connectivity index (χ1n) is 6.63. The molecule has 0 bridgehead atoms. The van der Waals surface area contributed by atoms with Crippen molar-refractivity contribution in [1.82, 2.24) is 10.2 Å². The number of nitrogens with zero attached hydrogens (tertiary/aromatic N) is 1. The van der Waals surface area contributed by atoms with Crippen molar-refractivity contribution in [2.24, 2.45) is 0 Å². The van der Waals surface area contributed by atoms with Gasteiger partial charge in [0.05, 0.1) is 18.4 Å². The minimum atomic E-state index is -0.207. The van der Waals surface area contributed by atoms with Crippen molar-refractivity contribution in [2.45, 2.75) is 20.3 Å². The van der Waals surface area contributed by atoms with Crippen LogP contribution in [0.15, 0.2) is 24.4 Å². The molecule has 0 fully saturated rings. The van der Waals surface area contributed by atoms with E-state index in [0.717, 1.165) is 16.8 Å². The summed E-state index contributed by atoms with van der Waals surface area (Å²) >= 11 is 0. The molecule has 0 saturated carbocycles. The van der Waals surface area contributed by atoms with Gasteiger partial charge in [-0.2, -0.15) is 5.10 Å². The Kier molecular flexibility index (Phi) is 4.75. The van der Waals surface area contributed by atoms with Gasteiger partial charge in [0.15, 0.2) is 0 Å². The molecule has 5 heteroatoms. The van der Waals surface area contributed by atoms with Crippen molar-refractivity contribution in [2.75, 3.05) is 11.9 Å². The van der Waals surface area contributed by atoms with E-state index in [2.05, 4.69) is 27.4 Å². The minimum Gasteiger partial charge on any atom is -0.395 e. The summed E-state index contributed by atoms with van der Waals surface area (Å²) in [5.74, 6) is 5.63. The quantitative estimate of drug-likeness (QED) is 0.754. The Bertz CT molecular complexity index is 708. The van der Waals surface area contributed by atoms with Crippen molar-refractivity contribution in [3.8, 4) is 11.8 Å². The van der Waals surface area contributed by atoms with E-state index < -0.39 is 0 Å². The van der Waals surface area contributed by atoms with Crippen LogP contribution in [0.2, 0.25) is 0 Å². The van der Waals surface area contributed by atoms with Gasteiger partial charge in [-0.05, 0) is 37.6 Å². The topological polar surface area (TPSA) is 78.0 Å². The summed E-state index contributed by atoms with van der Waals surface area (Å²) in [5, 5.41) is 18.1. The van der Waals surface area contributed by atoms with E-state index in [1.165, 1.54) is 6.20 Å². The predicted molar refractivity (Wildman–Crippen MR) is 81.0 cm³/mol. The number of nitrogens with one attached hydrogen (secondary N) is 2. The van der Waals surface area contributed by atoms with Crippen LogP contribution in [0.3, 0.4) is 0 Å². The Hall–Kier alpha value is -2.58. The molecule has 0 aliphatic heterocycles. The first-order valence-corrected chi connectivity index (χ1v) is 6.63. The van der Waals surface area contributed by atoms with Crippen molar-refractivity contribution in [3.05, 3.63) is 46.8 Å². The van der Waals surface area contributed by atoms with Gasteiger partial charge in [-0.1, -0.05) is 11.8 Å². The van der Waals surface area contributed by atoms with E-state index in [1.807, 2.05) is 25.1 Å². The van der Waals surface area contributed by atoms with E-state index in [9.17, 15) is 4.79 Å². The molecular formula is C16H17N3O2. The number of aliphatic hydroxyl groups is 1. The van der Waals surface area contributed by atoms with Gasteiger partial charge in [-0.3, -0.25) is 9.89 Å². The maximum Gasteiger partial charge on any atom is 0.259 e. The van der Waals surface area contributed by atoms with E-state index in [4.69, 9.17) is 5.11 Å². The van der Waals surface area contributed by atoms with Crippen LogP contribution in [0, 0.1) is 25.7 Å². The Morgan fingerprint density at radius 1 is 1.38 bits per heavy atom. The summed E-state index contributed by atoms with van der Waals surface area (Å²) in [6.07, 6.45) is 1.94. The van der Waals surface area contributed by atoms with Crippen LogP contribution in [0.25, 0.3) is 0 Å². The third-order valence-electron chi connectivity index (χ3n) is 2.88. The molecule has 1 heterocycles. The van der Waals surface area contributed by atoms with Gasteiger partial charge in [0.25, 0.3) is 5.91 Å². The SMILES string of the molecule is Cc1cc(C#CCCO)cc(NC(=O)c2cn[nH]c2C)c1. The lowest BCUT2D eigenvalue weighted by atomic mass is 10.1. The molecule has 2 rings (SSSR count). The van der Waals surface area contributed by atoms with Crippen LogP contribution in [-0.4, -0.2) is 27.8 Å². The number of amides is 1. The fourth-order valence-corrected chi connectivity index (χ4v) is 1.93. The molecule has 0 aliphatic rings. The van der Waals surface area contributed by atoms with Crippen LogP contribution in [0.4, 0.5) is 5.69 Å². The molecule has 21 heavy (non-hydrogen) atoms. The lowest BCUT2D eigenvalue weighted by molar-refractivity contribution is 0.102. The first-order chi connectivity index (χ1) is 10.1. The summed E-state index contributed by atoms with van der Waals surface area (Å²) in [4.78, 5) is 12.1. The number of aryl methyl sites for hydroxylation is 2. The number of aromatic amines is 1. The molecule has 0 saturated heterocycles. The van der Waals surface area contributed by atoms with Crippen LogP contribution < -0.4 is 5.32 Å². The standard InChI is InChI=1S/C16H17N3O2/c1-11-7-13(5-3-4-6-20)9-14(8-11)18-16(21)15-10-17-19-12(15)2/h7-10,20H,4,6H2,1-2H3,(H,17,19)(H,18,21). The fraction of sp³-hybridized carbons (Fsp3) is 0.250. The molecule has 108 valence electrons. The highest BCUT2D eigenvalue weighted by atomic mass is 16.2. The second-order valence-corrected chi connectivity index (χ2v) is 4.73. The van der Waals surface area contributed by atoms with Crippen LogP contribution in [0.1, 0.15) is 33.6 Å². The zero-order valence-electron chi connectivity index (χ0n) is 12.0. The number of aliphatic hydroxyl groups excluding tert-OH is 1. The lowest BCUT2D eigenvalue weighted by Gasteiger charge is -2.06. The zero-order chi connectivity index (χ0) is 15.2. The minimum absolute atomic E-state index is 0.0438. The molecule has 3 N–H and O–H groups in total. The summed E-state index contributed by atoms with van der Waals surface area (Å²) in [6, 6.07) is 5.62. The number of hydrogen-bond acceptors (Lipinski definition) is 3. The molecule has 1 aromatic heterocycles. The first kappa shape index (κ1) is 14.8. The lowest BCUT2D eigenvalue weighted by Crippen LogP contribution is -2.12. The van der Waals surface area contributed by atoms with Crippen molar-refractivity contribution in [1.29, 1.82) is 0 Å². The number of H-pyrrole nitrogens is 1. The summed E-state index contributed by atoms with van der Waals surface area (Å²) in [7, 11) is 0. The summed E-state index contributed by atoms with van der Waals surface area (Å²) < 4.78 is 0. The van der Waals surface area contributed by atoms with Gasteiger partial charge in [0.2, 0.25) is 0 Å². The van der Waals surface area contributed by atoms with Gasteiger partial charge in [0, 0.05) is 23.4 Å². The largest absolute Gasteiger partial charge is 0.395 e. The number of carbonyl (C=O) groups excluding carboxylic acids is 1. The van der Waals surface area contributed by atoms with E-state index in [-0.39, 0.29) is 12.5 Å². The highest BCUT2D eigenvalue weighted by molar-refractivity contribution is 6.04. The monoisotopic (exact) mass is 283 g/mol. The predicted octanol–water partition coefficient (Wildman–Crippen LogP) is 2.01. The second-order valence-electron chi connectivity index (χ2n) is 4.73. The molecule has 1 amide bonds. The number of carbonyl (C=O) groups is 1. The summed E-state index contributed by atoms with van der Waals surface area (Å²) in [5.41, 5.74) is 3.74. The van der Waals surface area contributed by atoms with Gasteiger partial charge in [-0.25, -0.2) is 0 Å². The number of aromatic nitrogens is 2. The zero-order valence-corrected chi connectivity index (χ0v) is 12.0. The molecule has 5 nitrogen and oxygen atoms in total. The molecule has 0 radical (unpaired) electrons. The van der Waals surface area contributed by atoms with Gasteiger partial charge >= 0.3 is 0 Å². The Morgan fingerprint density at radius 3 is 2.86 bits per heavy atom. The fourth-order valence-electron chi connectivity index (χ4n) is 1.93. The molecule has 0 aliphatic carbocycles.